The number of ether oxygens (including phenoxy) is 1. The average molecular weight is 211 g/mol. The molecule has 15 heavy (non-hydrogen) atoms. The fourth-order valence-corrected chi connectivity index (χ4v) is 1.57. The number of rotatable bonds is 6. The van der Waals surface area contributed by atoms with Gasteiger partial charge >= 0.3 is 0 Å². The SMILES string of the molecule is COc1ccccc1CC(C)NCCF. The largest absolute Gasteiger partial charge is 0.496 e. The van der Waals surface area contributed by atoms with Gasteiger partial charge in [0.25, 0.3) is 0 Å². The van der Waals surface area contributed by atoms with Gasteiger partial charge in [-0.1, -0.05) is 18.2 Å². The van der Waals surface area contributed by atoms with E-state index in [2.05, 4.69) is 5.32 Å². The van der Waals surface area contributed by atoms with Crippen LogP contribution in [0.5, 0.6) is 5.75 Å². The molecule has 1 aromatic rings. The smallest absolute Gasteiger partial charge is 0.122 e. The van der Waals surface area contributed by atoms with E-state index in [4.69, 9.17) is 4.74 Å². The van der Waals surface area contributed by atoms with Crippen LogP contribution in [0.1, 0.15) is 12.5 Å². The molecule has 2 nitrogen and oxygen atoms in total. The van der Waals surface area contributed by atoms with Gasteiger partial charge in [-0.05, 0) is 25.0 Å². The summed E-state index contributed by atoms with van der Waals surface area (Å²) in [5, 5.41) is 3.10. The number of hydrogen-bond acceptors (Lipinski definition) is 2. The maximum Gasteiger partial charge on any atom is 0.122 e. The van der Waals surface area contributed by atoms with Crippen LogP contribution >= 0.6 is 0 Å². The molecule has 0 aliphatic rings. The minimum atomic E-state index is -0.323. The molecule has 0 radical (unpaired) electrons. The molecule has 1 unspecified atom stereocenters. The van der Waals surface area contributed by atoms with Gasteiger partial charge in [0.2, 0.25) is 0 Å². The Labute approximate surface area is 90.4 Å². The fourth-order valence-electron chi connectivity index (χ4n) is 1.57. The average Bonchev–Trinajstić information content (AvgIpc) is 2.27. The van der Waals surface area contributed by atoms with E-state index in [1.54, 1.807) is 7.11 Å². The van der Waals surface area contributed by atoms with Crippen molar-refractivity contribution in [3.05, 3.63) is 29.8 Å². The molecule has 0 aromatic heterocycles. The van der Waals surface area contributed by atoms with E-state index in [0.29, 0.717) is 6.54 Å². The third-order valence-corrected chi connectivity index (χ3v) is 2.31. The van der Waals surface area contributed by atoms with Crippen molar-refractivity contribution in [2.45, 2.75) is 19.4 Å². The second kappa shape index (κ2) is 6.40. The Hall–Kier alpha value is -1.09. The first-order chi connectivity index (χ1) is 7.27. The van der Waals surface area contributed by atoms with Crippen LogP contribution in [0.15, 0.2) is 24.3 Å². The topological polar surface area (TPSA) is 21.3 Å². The van der Waals surface area contributed by atoms with Crippen LogP contribution in [0.3, 0.4) is 0 Å². The monoisotopic (exact) mass is 211 g/mol. The first-order valence-electron chi connectivity index (χ1n) is 5.19. The lowest BCUT2D eigenvalue weighted by Gasteiger charge is -2.14. The molecule has 0 aliphatic heterocycles. The molecule has 3 heteroatoms. The summed E-state index contributed by atoms with van der Waals surface area (Å²) in [6.45, 7) is 2.13. The lowest BCUT2D eigenvalue weighted by molar-refractivity contribution is 0.402. The molecule has 1 rings (SSSR count). The minimum Gasteiger partial charge on any atom is -0.496 e. The molecule has 0 bridgehead atoms. The van der Waals surface area contributed by atoms with Crippen LogP contribution < -0.4 is 10.1 Å². The van der Waals surface area contributed by atoms with Crippen LogP contribution in [0.4, 0.5) is 4.39 Å². The van der Waals surface area contributed by atoms with Crippen molar-refractivity contribution >= 4 is 0 Å². The van der Waals surface area contributed by atoms with Gasteiger partial charge in [0.05, 0.1) is 7.11 Å². The highest BCUT2D eigenvalue weighted by Gasteiger charge is 2.06. The molecule has 0 saturated carbocycles. The highest BCUT2D eigenvalue weighted by Crippen LogP contribution is 2.18. The second-order valence-corrected chi connectivity index (χ2v) is 3.56. The number of alkyl halides is 1. The van der Waals surface area contributed by atoms with Crippen molar-refractivity contribution in [2.75, 3.05) is 20.3 Å². The molecule has 1 N–H and O–H groups in total. The van der Waals surface area contributed by atoms with E-state index < -0.39 is 0 Å². The summed E-state index contributed by atoms with van der Waals surface area (Å²) >= 11 is 0. The number of methoxy groups -OCH3 is 1. The molecule has 1 atom stereocenters. The predicted molar refractivity (Wildman–Crippen MR) is 60.1 cm³/mol. The maximum absolute atomic E-state index is 12.0. The number of para-hydroxylation sites is 1. The third kappa shape index (κ3) is 3.88. The summed E-state index contributed by atoms with van der Waals surface area (Å²) in [4.78, 5) is 0. The normalized spacial score (nSPS) is 12.5. The summed E-state index contributed by atoms with van der Waals surface area (Å²) in [6.07, 6.45) is 0.851. The number of halogens is 1. The van der Waals surface area contributed by atoms with Crippen molar-refractivity contribution in [1.82, 2.24) is 5.32 Å². The number of nitrogens with one attached hydrogen (secondary N) is 1. The Balaban J connectivity index is 2.55. The minimum absolute atomic E-state index is 0.261. The van der Waals surface area contributed by atoms with E-state index in [0.717, 1.165) is 17.7 Å². The molecule has 0 fully saturated rings. The van der Waals surface area contributed by atoms with Gasteiger partial charge in [0, 0.05) is 12.6 Å². The molecule has 1 aromatic carbocycles. The summed E-state index contributed by atoms with van der Waals surface area (Å²) in [6, 6.07) is 8.17. The Morgan fingerprint density at radius 2 is 2.13 bits per heavy atom. The zero-order valence-electron chi connectivity index (χ0n) is 9.29. The zero-order chi connectivity index (χ0) is 11.1. The van der Waals surface area contributed by atoms with E-state index in [-0.39, 0.29) is 12.7 Å². The van der Waals surface area contributed by atoms with Gasteiger partial charge in [0.1, 0.15) is 12.4 Å². The molecule has 0 heterocycles. The zero-order valence-corrected chi connectivity index (χ0v) is 9.29. The number of hydrogen-bond donors (Lipinski definition) is 1. The summed E-state index contributed by atoms with van der Waals surface area (Å²) in [7, 11) is 1.67. The Morgan fingerprint density at radius 1 is 1.40 bits per heavy atom. The van der Waals surface area contributed by atoms with Crippen LogP contribution in [0.2, 0.25) is 0 Å². The quantitative estimate of drug-likeness (QED) is 0.778. The standard InChI is InChI=1S/C12H18FNO/c1-10(14-8-7-13)9-11-5-3-4-6-12(11)15-2/h3-6,10,14H,7-9H2,1-2H3. The Morgan fingerprint density at radius 3 is 2.80 bits per heavy atom. The number of benzene rings is 1. The van der Waals surface area contributed by atoms with Gasteiger partial charge in [-0.3, -0.25) is 0 Å². The van der Waals surface area contributed by atoms with Crippen LogP contribution in [0.25, 0.3) is 0 Å². The molecular formula is C12H18FNO. The Kier molecular flexibility index (Phi) is 5.12. The van der Waals surface area contributed by atoms with Crippen molar-refractivity contribution in [2.24, 2.45) is 0 Å². The first kappa shape index (κ1) is 12.0. The van der Waals surface area contributed by atoms with Crippen molar-refractivity contribution < 1.29 is 9.13 Å². The van der Waals surface area contributed by atoms with Crippen LogP contribution in [0, 0.1) is 0 Å². The van der Waals surface area contributed by atoms with Gasteiger partial charge in [-0.15, -0.1) is 0 Å². The van der Waals surface area contributed by atoms with Gasteiger partial charge in [-0.25, -0.2) is 4.39 Å². The summed E-state index contributed by atoms with van der Waals surface area (Å²) < 4.78 is 17.2. The van der Waals surface area contributed by atoms with E-state index >= 15 is 0 Å². The van der Waals surface area contributed by atoms with Crippen molar-refractivity contribution in [3.63, 3.8) is 0 Å². The van der Waals surface area contributed by atoms with Gasteiger partial charge in [0.15, 0.2) is 0 Å². The lowest BCUT2D eigenvalue weighted by Crippen LogP contribution is -2.29. The molecule has 0 amide bonds. The highest BCUT2D eigenvalue weighted by molar-refractivity contribution is 5.33. The van der Waals surface area contributed by atoms with Crippen molar-refractivity contribution in [1.29, 1.82) is 0 Å². The van der Waals surface area contributed by atoms with Crippen LogP contribution in [-0.4, -0.2) is 26.4 Å². The molecule has 0 spiro atoms. The van der Waals surface area contributed by atoms with E-state index in [1.165, 1.54) is 0 Å². The van der Waals surface area contributed by atoms with E-state index in [9.17, 15) is 4.39 Å². The second-order valence-electron chi connectivity index (χ2n) is 3.56. The molecule has 84 valence electrons. The summed E-state index contributed by atoms with van der Waals surface area (Å²) in [5.41, 5.74) is 1.15. The van der Waals surface area contributed by atoms with Crippen LogP contribution in [-0.2, 0) is 6.42 Å². The molecular weight excluding hydrogens is 193 g/mol. The lowest BCUT2D eigenvalue weighted by atomic mass is 10.1. The molecule has 0 saturated heterocycles. The Bertz CT molecular complexity index is 291. The third-order valence-electron chi connectivity index (χ3n) is 2.31. The maximum atomic E-state index is 12.0. The summed E-state index contributed by atoms with van der Waals surface area (Å²) in [5.74, 6) is 0.895. The predicted octanol–water partition coefficient (Wildman–Crippen LogP) is 2.19. The molecule has 0 aliphatic carbocycles. The fraction of sp³-hybridized carbons (Fsp3) is 0.500. The van der Waals surface area contributed by atoms with Gasteiger partial charge < -0.3 is 10.1 Å². The van der Waals surface area contributed by atoms with E-state index in [1.807, 2.05) is 31.2 Å². The first-order valence-corrected chi connectivity index (χ1v) is 5.19. The highest BCUT2D eigenvalue weighted by atomic mass is 19.1. The van der Waals surface area contributed by atoms with Gasteiger partial charge in [-0.2, -0.15) is 0 Å². The van der Waals surface area contributed by atoms with Crippen molar-refractivity contribution in [3.8, 4) is 5.75 Å².